The molecule has 1 aromatic carbocycles. The lowest BCUT2D eigenvalue weighted by molar-refractivity contribution is -0.138. The van der Waals surface area contributed by atoms with Gasteiger partial charge in [-0.3, -0.25) is 9.59 Å². The van der Waals surface area contributed by atoms with E-state index in [0.717, 1.165) is 0 Å². The maximum atomic E-state index is 12.7. The Hall–Kier alpha value is -2.29. The maximum absolute atomic E-state index is 12.7. The molecule has 1 unspecified atom stereocenters. The normalized spacial score (nSPS) is 18.8. The first-order valence-corrected chi connectivity index (χ1v) is 9.96. The van der Waals surface area contributed by atoms with Crippen LogP contribution >= 0.6 is 0 Å². The Morgan fingerprint density at radius 1 is 1.15 bits per heavy atom. The number of carbonyl (C=O) groups is 2. The van der Waals surface area contributed by atoms with Crippen LogP contribution in [0.2, 0.25) is 0 Å². The van der Waals surface area contributed by atoms with Crippen LogP contribution in [0.15, 0.2) is 18.2 Å². The lowest BCUT2D eigenvalue weighted by Crippen LogP contribution is -2.48. The zero-order valence-electron chi connectivity index (χ0n) is 15.3. The zero-order chi connectivity index (χ0) is 19.5. The minimum atomic E-state index is -3.12. The standard InChI is InChI=1S/C17H24N2O6S/c1-17(2,15(20)18-11-7-8-26(22,23)10-11)16(21)19-13-9-12(24-3)5-6-14(13)25-4/h5-6,9,11H,7-8,10H2,1-4H3,(H,18,20)(H,19,21). The minimum absolute atomic E-state index is 0.0472. The summed E-state index contributed by atoms with van der Waals surface area (Å²) in [6.45, 7) is 2.96. The van der Waals surface area contributed by atoms with E-state index in [0.29, 0.717) is 23.6 Å². The van der Waals surface area contributed by atoms with Gasteiger partial charge < -0.3 is 20.1 Å². The smallest absolute Gasteiger partial charge is 0.239 e. The fourth-order valence-electron chi connectivity index (χ4n) is 2.57. The van der Waals surface area contributed by atoms with Crippen molar-refractivity contribution in [3.05, 3.63) is 18.2 Å². The molecule has 0 bridgehead atoms. The van der Waals surface area contributed by atoms with Crippen molar-refractivity contribution in [2.75, 3.05) is 31.0 Å². The summed E-state index contributed by atoms with van der Waals surface area (Å²) in [4.78, 5) is 25.2. The lowest BCUT2D eigenvalue weighted by atomic mass is 9.90. The van der Waals surface area contributed by atoms with Gasteiger partial charge in [-0.1, -0.05) is 0 Å². The molecule has 26 heavy (non-hydrogen) atoms. The van der Waals surface area contributed by atoms with Gasteiger partial charge in [-0.15, -0.1) is 0 Å². The molecule has 1 aliphatic heterocycles. The van der Waals surface area contributed by atoms with E-state index in [1.54, 1.807) is 18.2 Å². The highest BCUT2D eigenvalue weighted by Gasteiger charge is 2.39. The number of hydrogen-bond donors (Lipinski definition) is 2. The van der Waals surface area contributed by atoms with E-state index in [1.165, 1.54) is 28.1 Å². The van der Waals surface area contributed by atoms with Gasteiger partial charge in [0.25, 0.3) is 0 Å². The van der Waals surface area contributed by atoms with Gasteiger partial charge in [0.2, 0.25) is 11.8 Å². The molecule has 0 radical (unpaired) electrons. The van der Waals surface area contributed by atoms with E-state index >= 15 is 0 Å². The zero-order valence-corrected chi connectivity index (χ0v) is 16.1. The van der Waals surface area contributed by atoms with E-state index in [-0.39, 0.29) is 11.5 Å². The van der Waals surface area contributed by atoms with Gasteiger partial charge >= 0.3 is 0 Å². The third-order valence-electron chi connectivity index (χ3n) is 4.36. The molecule has 0 aromatic heterocycles. The second-order valence-electron chi connectivity index (χ2n) is 6.72. The monoisotopic (exact) mass is 384 g/mol. The van der Waals surface area contributed by atoms with Crippen molar-refractivity contribution in [1.29, 1.82) is 0 Å². The Morgan fingerprint density at radius 3 is 2.38 bits per heavy atom. The molecule has 0 spiro atoms. The molecule has 1 heterocycles. The van der Waals surface area contributed by atoms with Crippen LogP contribution in [0.25, 0.3) is 0 Å². The van der Waals surface area contributed by atoms with E-state index in [1.807, 2.05) is 0 Å². The van der Waals surface area contributed by atoms with Gasteiger partial charge in [0.05, 0.1) is 31.4 Å². The molecule has 2 rings (SSSR count). The van der Waals surface area contributed by atoms with E-state index in [4.69, 9.17) is 9.47 Å². The fourth-order valence-corrected chi connectivity index (χ4v) is 4.24. The van der Waals surface area contributed by atoms with Crippen LogP contribution in [0.4, 0.5) is 5.69 Å². The number of methoxy groups -OCH3 is 2. The SMILES string of the molecule is COc1ccc(OC)c(NC(=O)C(C)(C)C(=O)NC2CCS(=O)(=O)C2)c1. The largest absolute Gasteiger partial charge is 0.497 e. The Bertz CT molecular complexity index is 803. The number of carbonyl (C=O) groups excluding carboxylic acids is 2. The summed E-state index contributed by atoms with van der Waals surface area (Å²) < 4.78 is 33.4. The predicted octanol–water partition coefficient (Wildman–Crippen LogP) is 0.972. The van der Waals surface area contributed by atoms with E-state index in [9.17, 15) is 18.0 Å². The number of amides is 2. The van der Waals surface area contributed by atoms with Crippen LogP contribution in [-0.4, -0.2) is 52.0 Å². The molecule has 8 nitrogen and oxygen atoms in total. The van der Waals surface area contributed by atoms with Crippen LogP contribution in [0.5, 0.6) is 11.5 Å². The Kier molecular flexibility index (Phi) is 5.80. The number of ether oxygens (including phenoxy) is 2. The van der Waals surface area contributed by atoms with Crippen molar-refractivity contribution in [3.8, 4) is 11.5 Å². The van der Waals surface area contributed by atoms with Crippen molar-refractivity contribution in [2.24, 2.45) is 5.41 Å². The average Bonchev–Trinajstić information content (AvgIpc) is 2.93. The molecule has 1 aromatic rings. The third kappa shape index (κ3) is 4.46. The molecular weight excluding hydrogens is 360 g/mol. The van der Waals surface area contributed by atoms with Crippen LogP contribution < -0.4 is 20.1 Å². The molecule has 0 saturated carbocycles. The van der Waals surface area contributed by atoms with Crippen molar-refractivity contribution in [3.63, 3.8) is 0 Å². The lowest BCUT2D eigenvalue weighted by Gasteiger charge is -2.25. The summed E-state index contributed by atoms with van der Waals surface area (Å²) in [6, 6.07) is 4.46. The molecule has 9 heteroatoms. The van der Waals surface area contributed by atoms with Crippen LogP contribution in [0.1, 0.15) is 20.3 Å². The Balaban J connectivity index is 2.11. The average molecular weight is 384 g/mol. The molecule has 1 fully saturated rings. The van der Waals surface area contributed by atoms with Gasteiger partial charge in [-0.25, -0.2) is 8.42 Å². The first-order chi connectivity index (χ1) is 12.1. The number of hydrogen-bond acceptors (Lipinski definition) is 6. The predicted molar refractivity (Wildman–Crippen MR) is 97.2 cm³/mol. The summed E-state index contributed by atoms with van der Waals surface area (Å²) in [6.07, 6.45) is 0.357. The van der Waals surface area contributed by atoms with Gasteiger partial charge in [-0.2, -0.15) is 0 Å². The van der Waals surface area contributed by atoms with Crippen LogP contribution in [0.3, 0.4) is 0 Å². The molecule has 2 amide bonds. The molecule has 144 valence electrons. The quantitative estimate of drug-likeness (QED) is 0.707. The summed E-state index contributed by atoms with van der Waals surface area (Å²) in [5, 5.41) is 5.33. The summed E-state index contributed by atoms with van der Waals surface area (Å²) in [7, 11) is -0.149. The third-order valence-corrected chi connectivity index (χ3v) is 6.13. The molecular formula is C17H24N2O6S. The van der Waals surface area contributed by atoms with Crippen molar-refractivity contribution in [1.82, 2.24) is 5.32 Å². The maximum Gasteiger partial charge on any atom is 0.239 e. The minimum Gasteiger partial charge on any atom is -0.497 e. The summed E-state index contributed by atoms with van der Waals surface area (Å²) in [5.74, 6) is -0.163. The summed E-state index contributed by atoms with van der Waals surface area (Å²) in [5.41, 5.74) is -1.03. The molecule has 1 aliphatic rings. The molecule has 1 saturated heterocycles. The van der Waals surface area contributed by atoms with Crippen molar-refractivity contribution < 1.29 is 27.5 Å². The number of anilines is 1. The highest BCUT2D eigenvalue weighted by Crippen LogP contribution is 2.30. The second-order valence-corrected chi connectivity index (χ2v) is 8.95. The fraction of sp³-hybridized carbons (Fsp3) is 0.529. The first-order valence-electron chi connectivity index (χ1n) is 8.14. The highest BCUT2D eigenvalue weighted by atomic mass is 32.2. The number of sulfone groups is 1. The van der Waals surface area contributed by atoms with Crippen molar-refractivity contribution >= 4 is 27.3 Å². The van der Waals surface area contributed by atoms with Gasteiger partial charge in [0, 0.05) is 12.1 Å². The number of rotatable bonds is 6. The van der Waals surface area contributed by atoms with Crippen molar-refractivity contribution in [2.45, 2.75) is 26.3 Å². The molecule has 1 atom stereocenters. The molecule has 0 aliphatic carbocycles. The summed E-state index contributed by atoms with van der Waals surface area (Å²) >= 11 is 0. The van der Waals surface area contributed by atoms with Crippen LogP contribution in [0, 0.1) is 5.41 Å². The Morgan fingerprint density at radius 2 is 1.85 bits per heavy atom. The molecule has 2 N–H and O–H groups in total. The van der Waals surface area contributed by atoms with E-state index in [2.05, 4.69) is 10.6 Å². The first kappa shape index (κ1) is 20.0. The van der Waals surface area contributed by atoms with Gasteiger partial charge in [0.1, 0.15) is 16.9 Å². The second kappa shape index (κ2) is 7.53. The number of benzene rings is 1. The Labute approximate surface area is 153 Å². The van der Waals surface area contributed by atoms with Crippen LogP contribution in [-0.2, 0) is 19.4 Å². The topological polar surface area (TPSA) is 111 Å². The highest BCUT2D eigenvalue weighted by molar-refractivity contribution is 7.91. The van der Waals surface area contributed by atoms with Gasteiger partial charge in [0.15, 0.2) is 9.84 Å². The van der Waals surface area contributed by atoms with Gasteiger partial charge in [-0.05, 0) is 32.4 Å². The van der Waals surface area contributed by atoms with E-state index < -0.39 is 33.1 Å². The number of nitrogens with one attached hydrogen (secondary N) is 2.